The fraction of sp³-hybridized carbons (Fsp3) is 1.00. The van der Waals surface area contributed by atoms with Crippen LogP contribution in [-0.2, 0) is 0 Å². The Morgan fingerprint density at radius 3 is 2.47 bits per heavy atom. The van der Waals surface area contributed by atoms with E-state index in [1.807, 2.05) is 4.90 Å². The van der Waals surface area contributed by atoms with Crippen LogP contribution in [0.1, 0.15) is 46.0 Å². The standard InChI is InChI=1S/C14H25F2N/c1-11(2)13-7-14(15,16)10-17(9-13)8-12-5-3-4-6-12/h11-13H,3-10H2,1-2H3. The number of likely N-dealkylation sites (tertiary alicyclic amines) is 1. The van der Waals surface area contributed by atoms with Gasteiger partial charge in [0.25, 0.3) is 5.92 Å². The lowest BCUT2D eigenvalue weighted by Gasteiger charge is -2.40. The predicted molar refractivity (Wildman–Crippen MR) is 66.3 cm³/mol. The van der Waals surface area contributed by atoms with Crippen LogP contribution in [0.3, 0.4) is 0 Å². The first kappa shape index (κ1) is 13.3. The van der Waals surface area contributed by atoms with Crippen molar-refractivity contribution in [3.8, 4) is 0 Å². The van der Waals surface area contributed by atoms with Crippen molar-refractivity contribution >= 4 is 0 Å². The molecule has 1 unspecified atom stereocenters. The number of hydrogen-bond donors (Lipinski definition) is 0. The van der Waals surface area contributed by atoms with Gasteiger partial charge >= 0.3 is 0 Å². The minimum Gasteiger partial charge on any atom is -0.297 e. The Bertz CT molecular complexity index is 245. The summed E-state index contributed by atoms with van der Waals surface area (Å²) in [6.07, 6.45) is 5.17. The summed E-state index contributed by atoms with van der Waals surface area (Å²) in [6, 6.07) is 0. The minimum atomic E-state index is -2.47. The molecule has 2 rings (SSSR count). The summed E-state index contributed by atoms with van der Waals surface area (Å²) in [5, 5.41) is 0. The van der Waals surface area contributed by atoms with E-state index in [2.05, 4.69) is 13.8 Å². The van der Waals surface area contributed by atoms with Crippen molar-refractivity contribution in [3.05, 3.63) is 0 Å². The predicted octanol–water partition coefficient (Wildman–Crippen LogP) is 3.79. The van der Waals surface area contributed by atoms with E-state index in [-0.39, 0.29) is 18.9 Å². The molecular formula is C14H25F2N. The molecule has 0 radical (unpaired) electrons. The van der Waals surface area contributed by atoms with E-state index in [9.17, 15) is 8.78 Å². The highest BCUT2D eigenvalue weighted by atomic mass is 19.3. The lowest BCUT2D eigenvalue weighted by Crippen LogP contribution is -2.49. The molecule has 100 valence electrons. The van der Waals surface area contributed by atoms with Gasteiger partial charge in [0.1, 0.15) is 0 Å². The molecule has 2 fully saturated rings. The third-order valence-electron chi connectivity index (χ3n) is 4.44. The SMILES string of the molecule is CC(C)C1CN(CC2CCCC2)CC(F)(F)C1. The number of rotatable bonds is 3. The zero-order chi connectivity index (χ0) is 12.5. The fourth-order valence-electron chi connectivity index (χ4n) is 3.38. The molecule has 0 amide bonds. The highest BCUT2D eigenvalue weighted by molar-refractivity contribution is 4.87. The average molecular weight is 245 g/mol. The van der Waals surface area contributed by atoms with Gasteiger partial charge in [0.05, 0.1) is 6.54 Å². The van der Waals surface area contributed by atoms with Gasteiger partial charge in [-0.25, -0.2) is 8.78 Å². The van der Waals surface area contributed by atoms with Crippen LogP contribution >= 0.6 is 0 Å². The van der Waals surface area contributed by atoms with Crippen LogP contribution in [0.25, 0.3) is 0 Å². The Morgan fingerprint density at radius 2 is 1.88 bits per heavy atom. The summed E-state index contributed by atoms with van der Waals surface area (Å²) in [5.41, 5.74) is 0. The molecule has 1 aliphatic carbocycles. The van der Waals surface area contributed by atoms with Crippen molar-refractivity contribution in [2.45, 2.75) is 51.9 Å². The summed E-state index contributed by atoms with van der Waals surface area (Å²) < 4.78 is 27.4. The molecule has 0 aromatic carbocycles. The van der Waals surface area contributed by atoms with E-state index in [1.165, 1.54) is 25.7 Å². The molecule has 0 spiro atoms. The molecule has 1 atom stereocenters. The highest BCUT2D eigenvalue weighted by Gasteiger charge is 2.41. The highest BCUT2D eigenvalue weighted by Crippen LogP contribution is 2.35. The van der Waals surface area contributed by atoms with Crippen molar-refractivity contribution < 1.29 is 8.78 Å². The second kappa shape index (κ2) is 5.21. The number of hydrogen-bond acceptors (Lipinski definition) is 1. The van der Waals surface area contributed by atoms with E-state index in [1.54, 1.807) is 0 Å². The van der Waals surface area contributed by atoms with Crippen LogP contribution in [0, 0.1) is 17.8 Å². The molecule has 1 nitrogen and oxygen atoms in total. The zero-order valence-corrected chi connectivity index (χ0v) is 11.1. The zero-order valence-electron chi connectivity index (χ0n) is 11.1. The Labute approximate surface area is 104 Å². The number of halogens is 2. The van der Waals surface area contributed by atoms with Crippen molar-refractivity contribution in [1.82, 2.24) is 4.90 Å². The maximum Gasteiger partial charge on any atom is 0.260 e. The van der Waals surface area contributed by atoms with Crippen molar-refractivity contribution in [1.29, 1.82) is 0 Å². The summed E-state index contributed by atoms with van der Waals surface area (Å²) >= 11 is 0. The van der Waals surface area contributed by atoms with Gasteiger partial charge in [0.2, 0.25) is 0 Å². The smallest absolute Gasteiger partial charge is 0.260 e. The Morgan fingerprint density at radius 1 is 1.24 bits per heavy atom. The van der Waals surface area contributed by atoms with Crippen LogP contribution in [0.5, 0.6) is 0 Å². The minimum absolute atomic E-state index is 0.00722. The van der Waals surface area contributed by atoms with Gasteiger partial charge < -0.3 is 0 Å². The molecule has 1 saturated heterocycles. The van der Waals surface area contributed by atoms with Gasteiger partial charge in [-0.1, -0.05) is 26.7 Å². The number of alkyl halides is 2. The number of nitrogens with zero attached hydrogens (tertiary/aromatic N) is 1. The van der Waals surface area contributed by atoms with Gasteiger partial charge in [0, 0.05) is 19.5 Å². The third kappa shape index (κ3) is 3.64. The topological polar surface area (TPSA) is 3.24 Å². The molecule has 1 saturated carbocycles. The van der Waals surface area contributed by atoms with E-state index in [0.29, 0.717) is 11.8 Å². The Kier molecular flexibility index (Phi) is 4.06. The molecular weight excluding hydrogens is 220 g/mol. The van der Waals surface area contributed by atoms with Crippen molar-refractivity contribution in [2.75, 3.05) is 19.6 Å². The van der Waals surface area contributed by atoms with Crippen LogP contribution in [0.2, 0.25) is 0 Å². The van der Waals surface area contributed by atoms with Gasteiger partial charge in [0.15, 0.2) is 0 Å². The summed E-state index contributed by atoms with van der Waals surface area (Å²) in [5.74, 6) is -1.25. The van der Waals surface area contributed by atoms with E-state index in [4.69, 9.17) is 0 Å². The van der Waals surface area contributed by atoms with Crippen molar-refractivity contribution in [2.24, 2.45) is 17.8 Å². The molecule has 1 aliphatic heterocycles. The quantitative estimate of drug-likeness (QED) is 0.731. The molecule has 1 heterocycles. The average Bonchev–Trinajstić information content (AvgIpc) is 2.67. The molecule has 0 aromatic rings. The van der Waals surface area contributed by atoms with Crippen LogP contribution in [-0.4, -0.2) is 30.5 Å². The number of piperidine rings is 1. The first-order chi connectivity index (χ1) is 7.96. The van der Waals surface area contributed by atoms with Crippen LogP contribution in [0.15, 0.2) is 0 Å². The Balaban J connectivity index is 1.91. The maximum absolute atomic E-state index is 13.7. The van der Waals surface area contributed by atoms with Crippen LogP contribution in [0.4, 0.5) is 8.78 Å². The van der Waals surface area contributed by atoms with E-state index >= 15 is 0 Å². The molecule has 0 aromatic heterocycles. The fourth-order valence-corrected chi connectivity index (χ4v) is 3.38. The van der Waals surface area contributed by atoms with Gasteiger partial charge in [-0.05, 0) is 30.6 Å². The van der Waals surface area contributed by atoms with Crippen LogP contribution < -0.4 is 0 Å². The lowest BCUT2D eigenvalue weighted by atomic mass is 9.85. The maximum atomic E-state index is 13.7. The van der Waals surface area contributed by atoms with Gasteiger partial charge in [-0.3, -0.25) is 4.90 Å². The largest absolute Gasteiger partial charge is 0.297 e. The summed E-state index contributed by atoms with van der Waals surface area (Å²) in [4.78, 5) is 2.03. The van der Waals surface area contributed by atoms with Gasteiger partial charge in [-0.2, -0.15) is 0 Å². The third-order valence-corrected chi connectivity index (χ3v) is 4.44. The molecule has 2 aliphatic rings. The van der Waals surface area contributed by atoms with E-state index < -0.39 is 5.92 Å². The monoisotopic (exact) mass is 245 g/mol. The summed E-state index contributed by atoms with van der Waals surface area (Å²) in [6.45, 7) is 5.91. The molecule has 17 heavy (non-hydrogen) atoms. The summed E-state index contributed by atoms with van der Waals surface area (Å²) in [7, 11) is 0. The molecule has 0 N–H and O–H groups in total. The molecule has 3 heteroatoms. The Hall–Kier alpha value is -0.180. The first-order valence-corrected chi connectivity index (χ1v) is 7.06. The molecule has 0 bridgehead atoms. The van der Waals surface area contributed by atoms with E-state index in [0.717, 1.165) is 13.1 Å². The first-order valence-electron chi connectivity index (χ1n) is 7.06. The normalized spacial score (nSPS) is 31.2. The lowest BCUT2D eigenvalue weighted by molar-refractivity contribution is -0.0944. The van der Waals surface area contributed by atoms with Gasteiger partial charge in [-0.15, -0.1) is 0 Å². The van der Waals surface area contributed by atoms with Crippen molar-refractivity contribution in [3.63, 3.8) is 0 Å². The second-order valence-electron chi connectivity index (χ2n) is 6.41. The second-order valence-corrected chi connectivity index (χ2v) is 6.41.